The molecule has 0 radical (unpaired) electrons. The van der Waals surface area contributed by atoms with Gasteiger partial charge in [0.15, 0.2) is 11.5 Å². The number of hydrogen-bond acceptors (Lipinski definition) is 5. The number of piperazine rings is 1. The molecule has 1 aromatic rings. The summed E-state index contributed by atoms with van der Waals surface area (Å²) in [6.07, 6.45) is 2.90. The van der Waals surface area contributed by atoms with E-state index in [0.717, 1.165) is 5.56 Å². The standard InChI is InChI=1S/C20H25ClN2O5/c1-14(2)13-28-20(25)23-7-5-22(6-8-23)18(24)4-3-15-11-16(21)19-17(12-15)26-9-10-27-19/h3-4,11-12,14H,5-10,13H2,1-2H3/b4-3+. The Morgan fingerprint density at radius 3 is 2.54 bits per heavy atom. The van der Waals surface area contributed by atoms with Gasteiger partial charge in [-0.25, -0.2) is 4.79 Å². The molecular formula is C20H25ClN2O5. The number of carbonyl (C=O) groups is 2. The summed E-state index contributed by atoms with van der Waals surface area (Å²) in [5.41, 5.74) is 0.762. The zero-order valence-corrected chi connectivity index (χ0v) is 16.9. The van der Waals surface area contributed by atoms with Crippen LogP contribution >= 0.6 is 11.6 Å². The summed E-state index contributed by atoms with van der Waals surface area (Å²) in [7, 11) is 0. The molecule has 0 N–H and O–H groups in total. The molecule has 0 unspecified atom stereocenters. The van der Waals surface area contributed by atoms with Crippen molar-refractivity contribution in [1.29, 1.82) is 0 Å². The summed E-state index contributed by atoms with van der Waals surface area (Å²) in [4.78, 5) is 27.8. The van der Waals surface area contributed by atoms with E-state index >= 15 is 0 Å². The van der Waals surface area contributed by atoms with Crippen LogP contribution in [0.15, 0.2) is 18.2 Å². The summed E-state index contributed by atoms with van der Waals surface area (Å²) in [5, 5.41) is 0.456. The third-order valence-corrected chi connectivity index (χ3v) is 4.71. The third kappa shape index (κ3) is 5.10. The average molecular weight is 409 g/mol. The lowest BCUT2D eigenvalue weighted by Gasteiger charge is -2.33. The second-order valence-electron chi connectivity index (χ2n) is 7.14. The van der Waals surface area contributed by atoms with E-state index in [9.17, 15) is 9.59 Å². The number of carbonyl (C=O) groups excluding carboxylic acids is 2. The maximum absolute atomic E-state index is 12.5. The molecule has 1 aromatic carbocycles. The molecule has 0 bridgehead atoms. The van der Waals surface area contributed by atoms with Crippen molar-refractivity contribution in [3.05, 3.63) is 28.8 Å². The minimum absolute atomic E-state index is 0.110. The molecule has 2 aliphatic heterocycles. The molecule has 0 atom stereocenters. The highest BCUT2D eigenvalue weighted by atomic mass is 35.5. The summed E-state index contributed by atoms with van der Waals surface area (Å²) in [6, 6.07) is 3.54. The number of amides is 2. The van der Waals surface area contributed by atoms with Gasteiger partial charge in [-0.15, -0.1) is 0 Å². The van der Waals surface area contributed by atoms with Gasteiger partial charge in [0, 0.05) is 32.3 Å². The number of fused-ring (bicyclic) bond motifs is 1. The van der Waals surface area contributed by atoms with Crippen molar-refractivity contribution >= 4 is 29.7 Å². The van der Waals surface area contributed by atoms with E-state index in [4.69, 9.17) is 25.8 Å². The fourth-order valence-corrected chi connectivity index (χ4v) is 3.21. The molecule has 8 heteroatoms. The van der Waals surface area contributed by atoms with Crippen molar-refractivity contribution in [2.75, 3.05) is 46.0 Å². The van der Waals surface area contributed by atoms with Crippen molar-refractivity contribution < 1.29 is 23.8 Å². The van der Waals surface area contributed by atoms with Crippen LogP contribution < -0.4 is 9.47 Å². The normalized spacial score (nSPS) is 16.6. The van der Waals surface area contributed by atoms with E-state index in [2.05, 4.69) is 0 Å². The first-order valence-corrected chi connectivity index (χ1v) is 9.79. The van der Waals surface area contributed by atoms with Gasteiger partial charge in [-0.1, -0.05) is 25.4 Å². The van der Waals surface area contributed by atoms with Crippen LogP contribution in [0.3, 0.4) is 0 Å². The van der Waals surface area contributed by atoms with Crippen molar-refractivity contribution in [3.8, 4) is 11.5 Å². The largest absolute Gasteiger partial charge is 0.486 e. The Morgan fingerprint density at radius 1 is 1.14 bits per heavy atom. The van der Waals surface area contributed by atoms with Gasteiger partial charge in [0.2, 0.25) is 5.91 Å². The second kappa shape index (κ2) is 9.19. The van der Waals surface area contributed by atoms with Crippen molar-refractivity contribution in [1.82, 2.24) is 9.80 Å². The molecule has 2 amide bonds. The van der Waals surface area contributed by atoms with Gasteiger partial charge in [-0.2, -0.15) is 0 Å². The Kier molecular flexibility index (Phi) is 6.67. The molecule has 7 nitrogen and oxygen atoms in total. The Bertz CT molecular complexity index is 757. The Balaban J connectivity index is 1.53. The Morgan fingerprint density at radius 2 is 1.82 bits per heavy atom. The number of benzene rings is 1. The highest BCUT2D eigenvalue weighted by Gasteiger charge is 2.24. The summed E-state index contributed by atoms with van der Waals surface area (Å²) in [6.45, 7) is 7.20. The first-order valence-electron chi connectivity index (χ1n) is 9.42. The molecule has 1 saturated heterocycles. The average Bonchev–Trinajstić information content (AvgIpc) is 2.70. The molecule has 0 saturated carbocycles. The van der Waals surface area contributed by atoms with Gasteiger partial charge in [0.05, 0.1) is 11.6 Å². The van der Waals surface area contributed by atoms with Crippen LogP contribution in [-0.4, -0.2) is 67.8 Å². The number of rotatable bonds is 4. The van der Waals surface area contributed by atoms with Gasteiger partial charge < -0.3 is 24.0 Å². The lowest BCUT2D eigenvalue weighted by Crippen LogP contribution is -2.50. The number of halogens is 1. The van der Waals surface area contributed by atoms with E-state index in [1.807, 2.05) is 13.8 Å². The zero-order valence-electron chi connectivity index (χ0n) is 16.2. The first-order chi connectivity index (χ1) is 13.4. The molecular weight excluding hydrogens is 384 g/mol. The lowest BCUT2D eigenvalue weighted by atomic mass is 10.1. The minimum atomic E-state index is -0.317. The Labute approximate surface area is 169 Å². The van der Waals surface area contributed by atoms with E-state index < -0.39 is 0 Å². The van der Waals surface area contributed by atoms with Crippen molar-refractivity contribution in [2.24, 2.45) is 5.92 Å². The minimum Gasteiger partial charge on any atom is -0.486 e. The highest BCUT2D eigenvalue weighted by molar-refractivity contribution is 6.32. The van der Waals surface area contributed by atoms with Gasteiger partial charge in [-0.05, 0) is 29.7 Å². The maximum atomic E-state index is 12.5. The monoisotopic (exact) mass is 408 g/mol. The van der Waals surface area contributed by atoms with Gasteiger partial charge >= 0.3 is 6.09 Å². The summed E-state index contributed by atoms with van der Waals surface area (Å²) >= 11 is 6.22. The second-order valence-corrected chi connectivity index (χ2v) is 7.55. The fraction of sp³-hybridized carbons (Fsp3) is 0.500. The van der Waals surface area contributed by atoms with Crippen LogP contribution in [0.5, 0.6) is 11.5 Å². The predicted molar refractivity (Wildman–Crippen MR) is 106 cm³/mol. The van der Waals surface area contributed by atoms with E-state index in [1.165, 1.54) is 6.08 Å². The fourth-order valence-electron chi connectivity index (χ4n) is 2.94. The molecule has 3 rings (SSSR count). The van der Waals surface area contributed by atoms with Crippen LogP contribution in [0.25, 0.3) is 6.08 Å². The van der Waals surface area contributed by atoms with Crippen molar-refractivity contribution in [2.45, 2.75) is 13.8 Å². The van der Waals surface area contributed by atoms with Crippen LogP contribution in [0.4, 0.5) is 4.79 Å². The Hall–Kier alpha value is -2.41. The van der Waals surface area contributed by atoms with Gasteiger partial charge in [0.1, 0.15) is 13.2 Å². The number of nitrogens with zero attached hydrogens (tertiary/aromatic N) is 2. The predicted octanol–water partition coefficient (Wildman–Crippen LogP) is 3.06. The highest BCUT2D eigenvalue weighted by Crippen LogP contribution is 2.38. The van der Waals surface area contributed by atoms with Gasteiger partial charge in [-0.3, -0.25) is 4.79 Å². The zero-order chi connectivity index (χ0) is 20.1. The van der Waals surface area contributed by atoms with E-state index in [0.29, 0.717) is 68.4 Å². The maximum Gasteiger partial charge on any atom is 0.409 e. The molecule has 0 spiro atoms. The van der Waals surface area contributed by atoms with Gasteiger partial charge in [0.25, 0.3) is 0 Å². The molecule has 2 aliphatic rings. The molecule has 0 aliphatic carbocycles. The number of ether oxygens (including phenoxy) is 3. The topological polar surface area (TPSA) is 68.3 Å². The molecule has 2 heterocycles. The quantitative estimate of drug-likeness (QED) is 0.716. The molecule has 0 aromatic heterocycles. The summed E-state index contributed by atoms with van der Waals surface area (Å²) in [5.74, 6) is 1.31. The van der Waals surface area contributed by atoms with Crippen LogP contribution in [0.1, 0.15) is 19.4 Å². The first kappa shape index (κ1) is 20.3. The molecule has 152 valence electrons. The smallest absolute Gasteiger partial charge is 0.409 e. The number of hydrogen-bond donors (Lipinski definition) is 0. The van der Waals surface area contributed by atoms with Crippen LogP contribution in [0, 0.1) is 5.92 Å². The van der Waals surface area contributed by atoms with Crippen LogP contribution in [-0.2, 0) is 9.53 Å². The lowest BCUT2D eigenvalue weighted by molar-refractivity contribution is -0.127. The van der Waals surface area contributed by atoms with Crippen molar-refractivity contribution in [3.63, 3.8) is 0 Å². The molecule has 28 heavy (non-hydrogen) atoms. The SMILES string of the molecule is CC(C)COC(=O)N1CCN(C(=O)/C=C/c2cc(Cl)c3c(c2)OCCO3)CC1. The summed E-state index contributed by atoms with van der Waals surface area (Å²) < 4.78 is 16.3. The third-order valence-electron chi connectivity index (χ3n) is 4.43. The van der Waals surface area contributed by atoms with E-state index in [-0.39, 0.29) is 12.0 Å². The van der Waals surface area contributed by atoms with E-state index in [1.54, 1.807) is 28.0 Å². The van der Waals surface area contributed by atoms with Crippen LogP contribution in [0.2, 0.25) is 5.02 Å². The molecule has 1 fully saturated rings.